The van der Waals surface area contributed by atoms with Crippen molar-refractivity contribution in [3.05, 3.63) is 0 Å². The summed E-state index contributed by atoms with van der Waals surface area (Å²) in [7, 11) is -0.889. The Morgan fingerprint density at radius 3 is 2.54 bits per heavy atom. The number of hydrogen-bond donors (Lipinski definition) is 1. The van der Waals surface area contributed by atoms with Gasteiger partial charge in [0.1, 0.15) is 0 Å². The molecule has 0 spiro atoms. The first-order chi connectivity index (χ1) is 5.93. The van der Waals surface area contributed by atoms with Gasteiger partial charge in [0.2, 0.25) is 0 Å². The lowest BCUT2D eigenvalue weighted by Gasteiger charge is -2.15. The third kappa shape index (κ3) is 5.02. The third-order valence-electron chi connectivity index (χ3n) is 2.01. The molecular weight excluding hydrogens is 184 g/mol. The minimum Gasteiger partial charge on any atom is -0.329 e. The van der Waals surface area contributed by atoms with Crippen LogP contribution in [-0.4, -0.2) is 21.8 Å². The van der Waals surface area contributed by atoms with Gasteiger partial charge in [0.05, 0.1) is 11.5 Å². The molecule has 0 aliphatic carbocycles. The van der Waals surface area contributed by atoms with Gasteiger partial charge >= 0.3 is 0 Å². The van der Waals surface area contributed by atoms with Crippen molar-refractivity contribution in [1.29, 1.82) is 5.26 Å². The summed E-state index contributed by atoms with van der Waals surface area (Å²) in [5, 5.41) is 8.77. The summed E-state index contributed by atoms with van der Waals surface area (Å²) < 4.78 is 11.5. The monoisotopic (exact) mass is 202 g/mol. The van der Waals surface area contributed by atoms with E-state index >= 15 is 0 Å². The molecule has 3 nitrogen and oxygen atoms in total. The Morgan fingerprint density at radius 1 is 1.62 bits per heavy atom. The molecule has 0 aromatic carbocycles. The van der Waals surface area contributed by atoms with Crippen molar-refractivity contribution in [3.63, 3.8) is 0 Å². The van der Waals surface area contributed by atoms with Crippen molar-refractivity contribution in [1.82, 2.24) is 0 Å². The normalized spacial score (nSPS) is 16.2. The molecule has 2 unspecified atom stereocenters. The summed E-state index contributed by atoms with van der Waals surface area (Å²) in [6.45, 7) is 6.03. The van der Waals surface area contributed by atoms with Crippen molar-refractivity contribution in [2.24, 2.45) is 11.1 Å². The standard InChI is InChI=1S/C9H18N2OS/c1-8(6-10)13(12)5-4-9(2,3)7-11/h8H,4-6,10H2,1-3H3. The zero-order valence-corrected chi connectivity index (χ0v) is 9.36. The molecule has 0 bridgehead atoms. The minimum atomic E-state index is -0.889. The second kappa shape index (κ2) is 5.36. The summed E-state index contributed by atoms with van der Waals surface area (Å²) >= 11 is 0. The maximum Gasteiger partial charge on any atom is 0.0684 e. The lowest BCUT2D eigenvalue weighted by atomic mass is 9.93. The molecule has 0 aliphatic heterocycles. The predicted molar refractivity (Wildman–Crippen MR) is 55.5 cm³/mol. The summed E-state index contributed by atoms with van der Waals surface area (Å²) in [6, 6.07) is 2.19. The van der Waals surface area contributed by atoms with Crippen molar-refractivity contribution >= 4 is 10.8 Å². The lowest BCUT2D eigenvalue weighted by molar-refractivity contribution is 0.478. The van der Waals surface area contributed by atoms with Crippen LogP contribution < -0.4 is 5.73 Å². The van der Waals surface area contributed by atoms with Gasteiger partial charge in [0, 0.05) is 28.3 Å². The van der Waals surface area contributed by atoms with E-state index in [-0.39, 0.29) is 10.7 Å². The van der Waals surface area contributed by atoms with Gasteiger partial charge in [-0.2, -0.15) is 5.26 Å². The first kappa shape index (κ1) is 12.6. The Balaban J connectivity index is 3.91. The van der Waals surface area contributed by atoms with Crippen LogP contribution in [0.25, 0.3) is 0 Å². The molecule has 0 aromatic rings. The number of nitrogens with zero attached hydrogens (tertiary/aromatic N) is 1. The zero-order chi connectivity index (χ0) is 10.5. The molecular formula is C9H18N2OS. The summed E-state index contributed by atoms with van der Waals surface area (Å²) in [6.07, 6.45) is 0.667. The Labute approximate surface area is 82.8 Å². The Morgan fingerprint density at radius 2 is 2.15 bits per heavy atom. The van der Waals surface area contributed by atoms with E-state index in [4.69, 9.17) is 11.0 Å². The predicted octanol–water partition coefficient (Wildman–Crippen LogP) is 1.02. The molecule has 76 valence electrons. The van der Waals surface area contributed by atoms with Crippen molar-refractivity contribution in [2.45, 2.75) is 32.4 Å². The van der Waals surface area contributed by atoms with E-state index in [0.717, 1.165) is 0 Å². The van der Waals surface area contributed by atoms with Crippen LogP contribution in [0.5, 0.6) is 0 Å². The average Bonchev–Trinajstić information content (AvgIpc) is 2.13. The fourth-order valence-electron chi connectivity index (χ4n) is 0.720. The highest BCUT2D eigenvalue weighted by molar-refractivity contribution is 7.85. The highest BCUT2D eigenvalue weighted by atomic mass is 32.2. The number of rotatable bonds is 5. The van der Waals surface area contributed by atoms with Gasteiger partial charge in [0.15, 0.2) is 0 Å². The Hall–Kier alpha value is -0.400. The molecule has 13 heavy (non-hydrogen) atoms. The number of nitriles is 1. The molecule has 0 fully saturated rings. The molecule has 2 N–H and O–H groups in total. The van der Waals surface area contributed by atoms with Crippen LogP contribution in [0.3, 0.4) is 0 Å². The quantitative estimate of drug-likeness (QED) is 0.724. The van der Waals surface area contributed by atoms with Crippen LogP contribution in [0.4, 0.5) is 0 Å². The molecule has 0 saturated carbocycles. The van der Waals surface area contributed by atoms with Gasteiger partial charge in [-0.1, -0.05) is 0 Å². The highest BCUT2D eigenvalue weighted by Gasteiger charge is 2.19. The van der Waals surface area contributed by atoms with Gasteiger partial charge in [-0.3, -0.25) is 4.21 Å². The molecule has 0 heterocycles. The first-order valence-corrected chi connectivity index (χ1v) is 5.79. The van der Waals surface area contributed by atoms with Crippen molar-refractivity contribution < 1.29 is 4.21 Å². The van der Waals surface area contributed by atoms with Crippen LogP contribution >= 0.6 is 0 Å². The molecule has 0 rings (SSSR count). The fourth-order valence-corrected chi connectivity index (χ4v) is 2.05. The van der Waals surface area contributed by atoms with Crippen LogP contribution in [0, 0.1) is 16.7 Å². The van der Waals surface area contributed by atoms with Crippen LogP contribution in [0.1, 0.15) is 27.2 Å². The molecule has 0 aromatic heterocycles. The summed E-state index contributed by atoms with van der Waals surface area (Å²) in [4.78, 5) is 0. The van der Waals surface area contributed by atoms with Crippen LogP contribution in [0.2, 0.25) is 0 Å². The van der Waals surface area contributed by atoms with E-state index in [0.29, 0.717) is 18.7 Å². The maximum absolute atomic E-state index is 11.5. The van der Waals surface area contributed by atoms with Gasteiger partial charge in [-0.15, -0.1) is 0 Å². The third-order valence-corrected chi connectivity index (χ3v) is 3.71. The largest absolute Gasteiger partial charge is 0.329 e. The maximum atomic E-state index is 11.5. The van der Waals surface area contributed by atoms with E-state index in [1.54, 1.807) is 0 Å². The topological polar surface area (TPSA) is 66.9 Å². The van der Waals surface area contributed by atoms with Crippen molar-refractivity contribution in [3.8, 4) is 6.07 Å². The highest BCUT2D eigenvalue weighted by Crippen LogP contribution is 2.19. The van der Waals surface area contributed by atoms with Crippen LogP contribution in [-0.2, 0) is 10.8 Å². The number of nitrogens with two attached hydrogens (primary N) is 1. The lowest BCUT2D eigenvalue weighted by Crippen LogP contribution is -2.25. The molecule has 0 amide bonds. The minimum absolute atomic E-state index is 0.0366. The van der Waals surface area contributed by atoms with E-state index in [1.807, 2.05) is 20.8 Å². The fraction of sp³-hybridized carbons (Fsp3) is 0.889. The number of hydrogen-bond acceptors (Lipinski definition) is 3. The average molecular weight is 202 g/mol. The Bertz CT molecular complexity index is 220. The molecule has 0 aliphatic rings. The van der Waals surface area contributed by atoms with Gasteiger partial charge in [-0.25, -0.2) is 0 Å². The molecule has 0 radical (unpaired) electrons. The molecule has 4 heteroatoms. The summed E-state index contributed by atoms with van der Waals surface area (Å²) in [5.41, 5.74) is 5.02. The van der Waals surface area contributed by atoms with Crippen LogP contribution in [0.15, 0.2) is 0 Å². The second-order valence-corrected chi connectivity index (χ2v) is 5.85. The first-order valence-electron chi connectivity index (χ1n) is 4.41. The van der Waals surface area contributed by atoms with Gasteiger partial charge in [-0.05, 0) is 27.2 Å². The van der Waals surface area contributed by atoms with E-state index in [1.165, 1.54) is 0 Å². The van der Waals surface area contributed by atoms with Gasteiger partial charge in [0.25, 0.3) is 0 Å². The van der Waals surface area contributed by atoms with E-state index in [9.17, 15) is 4.21 Å². The van der Waals surface area contributed by atoms with E-state index in [2.05, 4.69) is 6.07 Å². The smallest absolute Gasteiger partial charge is 0.0684 e. The second-order valence-electron chi connectivity index (χ2n) is 3.88. The van der Waals surface area contributed by atoms with Gasteiger partial charge < -0.3 is 5.73 Å². The Kier molecular flexibility index (Phi) is 5.19. The molecule has 0 saturated heterocycles. The SMILES string of the molecule is CC(CN)S(=O)CCC(C)(C)C#N. The van der Waals surface area contributed by atoms with E-state index < -0.39 is 10.8 Å². The zero-order valence-electron chi connectivity index (χ0n) is 8.54. The van der Waals surface area contributed by atoms with Crippen molar-refractivity contribution in [2.75, 3.05) is 12.3 Å². The summed E-state index contributed by atoms with van der Waals surface area (Å²) in [5.74, 6) is 0.568. The molecule has 2 atom stereocenters.